The maximum absolute atomic E-state index is 13.8. The first-order valence-electron chi connectivity index (χ1n) is 6.77. The molecule has 0 bridgehead atoms. The summed E-state index contributed by atoms with van der Waals surface area (Å²) >= 11 is 1.51. The normalized spacial score (nSPS) is 10.5. The molecule has 7 heteroatoms. The number of benzene rings is 1. The SMILES string of the molecule is COc1ccc(C(=O)NCc2coc(-c3cccs3)n2)c(F)c1. The highest BCUT2D eigenvalue weighted by Gasteiger charge is 2.14. The average Bonchev–Trinajstić information content (AvgIpc) is 3.23. The Hall–Kier alpha value is -2.67. The van der Waals surface area contributed by atoms with Gasteiger partial charge in [-0.3, -0.25) is 4.79 Å². The molecule has 2 aromatic heterocycles. The standard InChI is InChI=1S/C16H13FN2O3S/c1-21-11-4-5-12(13(17)7-11)15(20)18-8-10-9-22-16(19-10)14-3-2-6-23-14/h2-7,9H,8H2,1H3,(H,18,20). The van der Waals surface area contributed by atoms with Crippen LogP contribution < -0.4 is 10.1 Å². The zero-order valence-corrected chi connectivity index (χ0v) is 13.0. The third-order valence-electron chi connectivity index (χ3n) is 3.13. The van der Waals surface area contributed by atoms with Crippen LogP contribution in [0.1, 0.15) is 16.1 Å². The number of rotatable bonds is 5. The van der Waals surface area contributed by atoms with E-state index in [4.69, 9.17) is 9.15 Å². The first-order chi connectivity index (χ1) is 11.2. The number of amides is 1. The minimum Gasteiger partial charge on any atom is -0.497 e. The van der Waals surface area contributed by atoms with Crippen molar-refractivity contribution in [3.05, 3.63) is 59.0 Å². The Balaban J connectivity index is 1.65. The number of carbonyl (C=O) groups is 1. The van der Waals surface area contributed by atoms with Gasteiger partial charge in [0.2, 0.25) is 5.89 Å². The number of thiophene rings is 1. The summed E-state index contributed by atoms with van der Waals surface area (Å²) in [6, 6.07) is 7.87. The summed E-state index contributed by atoms with van der Waals surface area (Å²) in [6.07, 6.45) is 1.47. The van der Waals surface area contributed by atoms with Crippen molar-refractivity contribution in [2.45, 2.75) is 6.54 Å². The molecule has 0 unspecified atom stereocenters. The Morgan fingerprint density at radius 1 is 1.43 bits per heavy atom. The molecule has 3 rings (SSSR count). The average molecular weight is 332 g/mol. The van der Waals surface area contributed by atoms with Gasteiger partial charge in [-0.1, -0.05) is 6.07 Å². The van der Waals surface area contributed by atoms with Gasteiger partial charge < -0.3 is 14.5 Å². The van der Waals surface area contributed by atoms with Crippen molar-refractivity contribution in [2.75, 3.05) is 7.11 Å². The highest BCUT2D eigenvalue weighted by atomic mass is 32.1. The summed E-state index contributed by atoms with van der Waals surface area (Å²) in [4.78, 5) is 17.2. The van der Waals surface area contributed by atoms with Crippen molar-refractivity contribution in [3.8, 4) is 16.5 Å². The van der Waals surface area contributed by atoms with Crippen LogP contribution in [0.15, 0.2) is 46.4 Å². The molecule has 1 aromatic carbocycles. The smallest absolute Gasteiger partial charge is 0.254 e. The number of ether oxygens (including phenoxy) is 1. The lowest BCUT2D eigenvalue weighted by atomic mass is 10.2. The largest absolute Gasteiger partial charge is 0.497 e. The van der Waals surface area contributed by atoms with E-state index in [1.807, 2.05) is 17.5 Å². The molecule has 1 amide bonds. The number of methoxy groups -OCH3 is 1. The lowest BCUT2D eigenvalue weighted by Crippen LogP contribution is -2.24. The highest BCUT2D eigenvalue weighted by molar-refractivity contribution is 7.13. The van der Waals surface area contributed by atoms with Crippen molar-refractivity contribution in [1.82, 2.24) is 10.3 Å². The number of nitrogens with zero attached hydrogens (tertiary/aromatic N) is 1. The summed E-state index contributed by atoms with van der Waals surface area (Å²) in [7, 11) is 1.43. The zero-order valence-electron chi connectivity index (χ0n) is 12.2. The molecular formula is C16H13FN2O3S. The van der Waals surface area contributed by atoms with Crippen LogP contribution in [0, 0.1) is 5.82 Å². The third kappa shape index (κ3) is 3.40. The van der Waals surface area contributed by atoms with Gasteiger partial charge in [0.1, 0.15) is 17.8 Å². The molecule has 3 aromatic rings. The first kappa shape index (κ1) is 15.2. The van der Waals surface area contributed by atoms with Crippen LogP contribution in [0.5, 0.6) is 5.75 Å². The van der Waals surface area contributed by atoms with Crippen molar-refractivity contribution < 1.29 is 18.3 Å². The second-order valence-electron chi connectivity index (χ2n) is 4.65. The van der Waals surface area contributed by atoms with Gasteiger partial charge >= 0.3 is 0 Å². The lowest BCUT2D eigenvalue weighted by molar-refractivity contribution is 0.0946. The fraction of sp³-hybridized carbons (Fsp3) is 0.125. The molecular weight excluding hydrogens is 319 g/mol. The fourth-order valence-electron chi connectivity index (χ4n) is 1.97. The molecule has 5 nitrogen and oxygen atoms in total. The summed E-state index contributed by atoms with van der Waals surface area (Å²) in [5, 5.41) is 4.54. The number of halogens is 1. The van der Waals surface area contributed by atoms with E-state index >= 15 is 0 Å². The van der Waals surface area contributed by atoms with E-state index in [-0.39, 0.29) is 12.1 Å². The van der Waals surface area contributed by atoms with Gasteiger partial charge in [-0.15, -0.1) is 11.3 Å². The molecule has 0 saturated heterocycles. The van der Waals surface area contributed by atoms with Gasteiger partial charge in [0, 0.05) is 6.07 Å². The molecule has 0 aliphatic heterocycles. The fourth-order valence-corrected chi connectivity index (χ4v) is 2.63. The maximum Gasteiger partial charge on any atom is 0.254 e. The van der Waals surface area contributed by atoms with Crippen LogP contribution in [0.25, 0.3) is 10.8 Å². The molecule has 118 valence electrons. The van der Waals surface area contributed by atoms with E-state index in [2.05, 4.69) is 10.3 Å². The maximum atomic E-state index is 13.8. The van der Waals surface area contributed by atoms with Gasteiger partial charge in [0.05, 0.1) is 29.8 Å². The lowest BCUT2D eigenvalue weighted by Gasteiger charge is -2.06. The number of carbonyl (C=O) groups excluding carboxylic acids is 1. The van der Waals surface area contributed by atoms with E-state index in [1.165, 1.54) is 42.9 Å². The highest BCUT2D eigenvalue weighted by Crippen LogP contribution is 2.23. The molecule has 1 N–H and O–H groups in total. The Labute approximate surface area is 135 Å². The van der Waals surface area contributed by atoms with Crippen molar-refractivity contribution in [3.63, 3.8) is 0 Å². The van der Waals surface area contributed by atoms with Crippen molar-refractivity contribution in [2.24, 2.45) is 0 Å². The minimum atomic E-state index is -0.638. The second-order valence-corrected chi connectivity index (χ2v) is 5.60. The van der Waals surface area contributed by atoms with E-state index < -0.39 is 11.7 Å². The molecule has 2 heterocycles. The topological polar surface area (TPSA) is 64.4 Å². The Morgan fingerprint density at radius 2 is 2.30 bits per heavy atom. The first-order valence-corrected chi connectivity index (χ1v) is 7.65. The van der Waals surface area contributed by atoms with Crippen LogP contribution in [-0.2, 0) is 6.54 Å². The van der Waals surface area contributed by atoms with Gasteiger partial charge in [0.25, 0.3) is 5.91 Å². The van der Waals surface area contributed by atoms with E-state index in [9.17, 15) is 9.18 Å². The molecule has 0 aliphatic carbocycles. The quantitative estimate of drug-likeness (QED) is 0.777. The number of oxazole rings is 1. The van der Waals surface area contributed by atoms with Gasteiger partial charge in [-0.05, 0) is 23.6 Å². The van der Waals surface area contributed by atoms with Crippen LogP contribution in [0.4, 0.5) is 4.39 Å². The molecule has 0 saturated carbocycles. The van der Waals surface area contributed by atoms with Crippen LogP contribution in [0.3, 0.4) is 0 Å². The van der Waals surface area contributed by atoms with E-state index in [1.54, 1.807) is 0 Å². The minimum absolute atomic E-state index is 0.0484. The Kier molecular flexibility index (Phi) is 4.38. The van der Waals surface area contributed by atoms with Gasteiger partial charge in [-0.25, -0.2) is 9.37 Å². The molecule has 0 spiro atoms. The summed E-state index contributed by atoms with van der Waals surface area (Å²) in [6.45, 7) is 0.152. The molecule has 23 heavy (non-hydrogen) atoms. The monoisotopic (exact) mass is 332 g/mol. The number of nitrogens with one attached hydrogen (secondary N) is 1. The summed E-state index contributed by atoms with van der Waals surface area (Å²) < 4.78 is 24.1. The summed E-state index contributed by atoms with van der Waals surface area (Å²) in [5.74, 6) is -0.303. The van der Waals surface area contributed by atoms with Crippen LogP contribution in [-0.4, -0.2) is 18.0 Å². The molecule has 0 radical (unpaired) electrons. The van der Waals surface area contributed by atoms with Crippen molar-refractivity contribution in [1.29, 1.82) is 0 Å². The zero-order chi connectivity index (χ0) is 16.2. The second kappa shape index (κ2) is 6.62. The predicted octanol–water partition coefficient (Wildman–Crippen LogP) is 3.48. The molecule has 0 atom stereocenters. The number of hydrogen-bond acceptors (Lipinski definition) is 5. The Bertz CT molecular complexity index is 815. The van der Waals surface area contributed by atoms with Crippen LogP contribution >= 0.6 is 11.3 Å². The number of hydrogen-bond donors (Lipinski definition) is 1. The van der Waals surface area contributed by atoms with Crippen molar-refractivity contribution >= 4 is 17.2 Å². The van der Waals surface area contributed by atoms with E-state index in [0.717, 1.165) is 4.88 Å². The van der Waals surface area contributed by atoms with Crippen LogP contribution in [0.2, 0.25) is 0 Å². The Morgan fingerprint density at radius 3 is 3.00 bits per heavy atom. The summed E-state index contributed by atoms with van der Waals surface area (Å²) in [5.41, 5.74) is 0.517. The van der Waals surface area contributed by atoms with Gasteiger partial charge in [0.15, 0.2) is 0 Å². The third-order valence-corrected chi connectivity index (χ3v) is 3.99. The van der Waals surface area contributed by atoms with E-state index in [0.29, 0.717) is 17.3 Å². The molecule has 0 aliphatic rings. The predicted molar refractivity (Wildman–Crippen MR) is 83.9 cm³/mol. The number of aromatic nitrogens is 1. The van der Waals surface area contributed by atoms with Gasteiger partial charge in [-0.2, -0.15) is 0 Å². The molecule has 0 fully saturated rings.